The van der Waals surface area contributed by atoms with E-state index in [1.807, 2.05) is 12.1 Å². The van der Waals surface area contributed by atoms with Crippen molar-refractivity contribution in [2.24, 2.45) is 0 Å². The second-order valence-electron chi connectivity index (χ2n) is 3.99. The van der Waals surface area contributed by atoms with Crippen molar-refractivity contribution in [1.29, 1.82) is 0 Å². The standard InChI is InChI=1S/C14H18N2S/c1-3-5-10-16-13-9-7-6-8-12(13)15-14(16)17-11-4-2/h4,6-9H,2-3,5,10-11H2,1H3. The average molecular weight is 246 g/mol. The second kappa shape index (κ2) is 5.92. The Morgan fingerprint density at radius 1 is 1.41 bits per heavy atom. The van der Waals surface area contributed by atoms with Gasteiger partial charge >= 0.3 is 0 Å². The molecule has 90 valence electrons. The van der Waals surface area contributed by atoms with Crippen LogP contribution in [0.25, 0.3) is 11.0 Å². The molecule has 0 radical (unpaired) electrons. The van der Waals surface area contributed by atoms with Gasteiger partial charge in [-0.15, -0.1) is 6.58 Å². The van der Waals surface area contributed by atoms with Crippen LogP contribution in [-0.4, -0.2) is 15.3 Å². The molecule has 0 atom stereocenters. The fourth-order valence-electron chi connectivity index (χ4n) is 1.83. The Kier molecular flexibility index (Phi) is 4.26. The molecule has 0 bridgehead atoms. The maximum absolute atomic E-state index is 4.68. The summed E-state index contributed by atoms with van der Waals surface area (Å²) in [5.41, 5.74) is 2.34. The van der Waals surface area contributed by atoms with E-state index in [4.69, 9.17) is 0 Å². The van der Waals surface area contributed by atoms with Crippen molar-refractivity contribution < 1.29 is 0 Å². The fraction of sp³-hybridized carbons (Fsp3) is 0.357. The number of fused-ring (bicyclic) bond motifs is 1. The molecule has 0 amide bonds. The van der Waals surface area contributed by atoms with Crippen molar-refractivity contribution in [3.8, 4) is 0 Å². The molecular weight excluding hydrogens is 228 g/mol. The molecule has 3 heteroatoms. The van der Waals surface area contributed by atoms with Crippen molar-refractivity contribution in [3.63, 3.8) is 0 Å². The third-order valence-corrected chi connectivity index (χ3v) is 3.66. The predicted octanol–water partition coefficient (Wildman–Crippen LogP) is 4.11. The number of rotatable bonds is 6. The van der Waals surface area contributed by atoms with Crippen LogP contribution in [0.2, 0.25) is 0 Å². The highest BCUT2D eigenvalue weighted by Gasteiger charge is 2.09. The van der Waals surface area contributed by atoms with E-state index in [9.17, 15) is 0 Å². The number of unbranched alkanes of at least 4 members (excludes halogenated alkanes) is 1. The molecule has 1 heterocycles. The van der Waals surface area contributed by atoms with Gasteiger partial charge in [-0.3, -0.25) is 0 Å². The fourth-order valence-corrected chi connectivity index (χ4v) is 2.60. The Labute approximate surface area is 107 Å². The molecule has 2 aromatic rings. The number of hydrogen-bond acceptors (Lipinski definition) is 2. The molecule has 0 aliphatic carbocycles. The van der Waals surface area contributed by atoms with Crippen LogP contribution in [0.15, 0.2) is 42.1 Å². The van der Waals surface area contributed by atoms with Gasteiger partial charge in [0.25, 0.3) is 0 Å². The van der Waals surface area contributed by atoms with Crippen LogP contribution >= 0.6 is 11.8 Å². The highest BCUT2D eigenvalue weighted by molar-refractivity contribution is 7.99. The molecular formula is C14H18N2S. The van der Waals surface area contributed by atoms with E-state index < -0.39 is 0 Å². The Balaban J connectivity index is 2.37. The Hall–Kier alpha value is -1.22. The number of imidazole rings is 1. The van der Waals surface area contributed by atoms with Crippen molar-refractivity contribution >= 4 is 22.8 Å². The number of hydrogen-bond donors (Lipinski definition) is 0. The zero-order chi connectivity index (χ0) is 12.1. The summed E-state index contributed by atoms with van der Waals surface area (Å²) in [4.78, 5) is 4.68. The van der Waals surface area contributed by atoms with Crippen LogP contribution in [0, 0.1) is 0 Å². The summed E-state index contributed by atoms with van der Waals surface area (Å²) in [5.74, 6) is 0.912. The second-order valence-corrected chi connectivity index (χ2v) is 4.98. The van der Waals surface area contributed by atoms with Gasteiger partial charge in [0.1, 0.15) is 0 Å². The first kappa shape index (κ1) is 12.2. The predicted molar refractivity (Wildman–Crippen MR) is 75.6 cm³/mol. The van der Waals surface area contributed by atoms with Gasteiger partial charge in [0.2, 0.25) is 0 Å². The largest absolute Gasteiger partial charge is 0.319 e. The van der Waals surface area contributed by atoms with E-state index in [-0.39, 0.29) is 0 Å². The smallest absolute Gasteiger partial charge is 0.169 e. The topological polar surface area (TPSA) is 17.8 Å². The molecule has 17 heavy (non-hydrogen) atoms. The van der Waals surface area contributed by atoms with Gasteiger partial charge < -0.3 is 4.57 Å². The first-order chi connectivity index (χ1) is 8.36. The third kappa shape index (κ3) is 2.72. The molecule has 1 aromatic heterocycles. The average Bonchev–Trinajstić information content (AvgIpc) is 2.71. The van der Waals surface area contributed by atoms with Crippen molar-refractivity contribution in [2.45, 2.75) is 31.5 Å². The van der Waals surface area contributed by atoms with E-state index in [2.05, 4.69) is 41.3 Å². The molecule has 0 saturated heterocycles. The zero-order valence-corrected chi connectivity index (χ0v) is 11.0. The summed E-state index contributed by atoms with van der Waals surface area (Å²) in [5, 5.41) is 1.11. The van der Waals surface area contributed by atoms with E-state index in [0.29, 0.717) is 0 Å². The summed E-state index contributed by atoms with van der Waals surface area (Å²) < 4.78 is 2.33. The van der Waals surface area contributed by atoms with E-state index in [1.54, 1.807) is 11.8 Å². The van der Waals surface area contributed by atoms with Crippen LogP contribution < -0.4 is 0 Å². The van der Waals surface area contributed by atoms with Crippen molar-refractivity contribution in [2.75, 3.05) is 5.75 Å². The quantitative estimate of drug-likeness (QED) is 0.564. The number of aryl methyl sites for hydroxylation is 1. The lowest BCUT2D eigenvalue weighted by Crippen LogP contribution is -1.99. The molecule has 0 aliphatic rings. The number of para-hydroxylation sites is 2. The number of aromatic nitrogens is 2. The Morgan fingerprint density at radius 2 is 2.24 bits per heavy atom. The molecule has 0 aliphatic heterocycles. The van der Waals surface area contributed by atoms with Gasteiger partial charge in [0.05, 0.1) is 11.0 Å². The minimum absolute atomic E-state index is 0.912. The van der Waals surface area contributed by atoms with E-state index in [0.717, 1.165) is 23.0 Å². The van der Waals surface area contributed by atoms with Crippen LogP contribution in [0.3, 0.4) is 0 Å². The lowest BCUT2D eigenvalue weighted by Gasteiger charge is -2.06. The first-order valence-corrected chi connectivity index (χ1v) is 7.04. The van der Waals surface area contributed by atoms with Crippen LogP contribution in [0.1, 0.15) is 19.8 Å². The van der Waals surface area contributed by atoms with Gasteiger partial charge in [-0.2, -0.15) is 0 Å². The molecule has 2 rings (SSSR count). The lowest BCUT2D eigenvalue weighted by molar-refractivity contribution is 0.602. The van der Waals surface area contributed by atoms with E-state index >= 15 is 0 Å². The SMILES string of the molecule is C=CCSc1nc2ccccc2n1CCCC. The molecule has 0 fully saturated rings. The summed E-state index contributed by atoms with van der Waals surface area (Å²) in [6.45, 7) is 7.03. The number of benzene rings is 1. The minimum atomic E-state index is 0.912. The van der Waals surface area contributed by atoms with Crippen molar-refractivity contribution in [3.05, 3.63) is 36.9 Å². The Morgan fingerprint density at radius 3 is 3.00 bits per heavy atom. The maximum atomic E-state index is 4.68. The summed E-state index contributed by atoms with van der Waals surface area (Å²) in [7, 11) is 0. The van der Waals surface area contributed by atoms with Gasteiger partial charge in [-0.05, 0) is 18.6 Å². The summed E-state index contributed by atoms with van der Waals surface area (Å²) >= 11 is 1.76. The number of thioether (sulfide) groups is 1. The van der Waals surface area contributed by atoms with Gasteiger partial charge in [-0.25, -0.2) is 4.98 Å². The normalized spacial score (nSPS) is 10.9. The number of nitrogens with zero attached hydrogens (tertiary/aromatic N) is 2. The van der Waals surface area contributed by atoms with E-state index in [1.165, 1.54) is 18.4 Å². The van der Waals surface area contributed by atoms with Gasteiger partial charge in [0, 0.05) is 12.3 Å². The molecule has 1 aromatic carbocycles. The molecule has 2 nitrogen and oxygen atoms in total. The third-order valence-electron chi connectivity index (χ3n) is 2.69. The summed E-state index contributed by atoms with van der Waals surface area (Å²) in [6, 6.07) is 8.35. The maximum Gasteiger partial charge on any atom is 0.169 e. The Bertz CT molecular complexity index is 502. The first-order valence-electron chi connectivity index (χ1n) is 6.05. The highest BCUT2D eigenvalue weighted by Crippen LogP contribution is 2.24. The zero-order valence-electron chi connectivity index (χ0n) is 10.2. The molecule has 0 saturated carbocycles. The van der Waals surface area contributed by atoms with Crippen LogP contribution in [0.4, 0.5) is 0 Å². The highest BCUT2D eigenvalue weighted by atomic mass is 32.2. The molecule has 0 spiro atoms. The summed E-state index contributed by atoms with van der Waals surface area (Å²) in [6.07, 6.45) is 4.33. The molecule has 0 unspecified atom stereocenters. The molecule has 0 N–H and O–H groups in total. The monoisotopic (exact) mass is 246 g/mol. The van der Waals surface area contributed by atoms with Crippen LogP contribution in [-0.2, 0) is 6.54 Å². The van der Waals surface area contributed by atoms with Crippen LogP contribution in [0.5, 0.6) is 0 Å². The van der Waals surface area contributed by atoms with Gasteiger partial charge in [0.15, 0.2) is 5.16 Å². The van der Waals surface area contributed by atoms with Gasteiger partial charge in [-0.1, -0.05) is 43.3 Å². The lowest BCUT2D eigenvalue weighted by atomic mass is 10.3. The minimum Gasteiger partial charge on any atom is -0.319 e. The van der Waals surface area contributed by atoms with Crippen molar-refractivity contribution in [1.82, 2.24) is 9.55 Å².